The summed E-state index contributed by atoms with van der Waals surface area (Å²) in [6, 6.07) is 0.0373. The second-order valence-electron chi connectivity index (χ2n) is 3.56. The fourth-order valence-electron chi connectivity index (χ4n) is 1.29. The van der Waals surface area contributed by atoms with Crippen molar-refractivity contribution in [3.63, 3.8) is 0 Å². The summed E-state index contributed by atoms with van der Waals surface area (Å²) in [4.78, 5) is 0. The Morgan fingerprint density at radius 3 is 2.29 bits per heavy atom. The molecule has 0 rings (SSSR count). The van der Waals surface area contributed by atoms with Crippen LogP contribution in [-0.2, 0) is 10.0 Å². The normalized spacial score (nSPS) is 12.7. The number of hydrogen-bond acceptors (Lipinski definition) is 2. The van der Waals surface area contributed by atoms with Crippen molar-refractivity contribution in [1.82, 2.24) is 4.31 Å². The van der Waals surface area contributed by atoms with Crippen molar-refractivity contribution in [3.05, 3.63) is 0 Å². The predicted molar refractivity (Wildman–Crippen MR) is 61.3 cm³/mol. The standard InChI is InChI=1S/C9H20ClNO2S/c1-4-7-11(9(2)3)14(12,13)8-5-6-10/h9H,4-8H2,1-3H3. The van der Waals surface area contributed by atoms with Gasteiger partial charge >= 0.3 is 0 Å². The highest BCUT2D eigenvalue weighted by Crippen LogP contribution is 2.09. The Kier molecular flexibility index (Phi) is 6.74. The predicted octanol–water partition coefficient (Wildman–Crippen LogP) is 2.07. The van der Waals surface area contributed by atoms with Crippen LogP contribution in [0.1, 0.15) is 33.6 Å². The van der Waals surface area contributed by atoms with Gasteiger partial charge in [-0.2, -0.15) is 4.31 Å². The molecule has 14 heavy (non-hydrogen) atoms. The molecule has 0 aliphatic heterocycles. The third kappa shape index (κ3) is 4.62. The van der Waals surface area contributed by atoms with Crippen molar-refractivity contribution in [3.8, 4) is 0 Å². The molecule has 0 spiro atoms. The lowest BCUT2D eigenvalue weighted by Crippen LogP contribution is -2.39. The minimum Gasteiger partial charge on any atom is -0.212 e. The molecule has 0 fully saturated rings. The summed E-state index contributed by atoms with van der Waals surface area (Å²) in [6.07, 6.45) is 1.37. The summed E-state index contributed by atoms with van der Waals surface area (Å²) in [5.74, 6) is 0.561. The number of halogens is 1. The maximum absolute atomic E-state index is 11.8. The van der Waals surface area contributed by atoms with Crippen molar-refractivity contribution in [2.24, 2.45) is 0 Å². The van der Waals surface area contributed by atoms with Gasteiger partial charge in [0.05, 0.1) is 5.75 Å². The van der Waals surface area contributed by atoms with Crippen molar-refractivity contribution in [2.45, 2.75) is 39.7 Å². The van der Waals surface area contributed by atoms with Crippen LogP contribution in [0.3, 0.4) is 0 Å². The summed E-state index contributed by atoms with van der Waals surface area (Å²) in [5.41, 5.74) is 0. The van der Waals surface area contributed by atoms with Gasteiger partial charge in [0.1, 0.15) is 0 Å². The van der Waals surface area contributed by atoms with Gasteiger partial charge in [-0.05, 0) is 26.7 Å². The topological polar surface area (TPSA) is 37.4 Å². The van der Waals surface area contributed by atoms with Crippen molar-refractivity contribution < 1.29 is 8.42 Å². The molecule has 0 bridgehead atoms. The molecule has 0 amide bonds. The first-order valence-electron chi connectivity index (χ1n) is 5.01. The van der Waals surface area contributed by atoms with E-state index in [9.17, 15) is 8.42 Å². The zero-order chi connectivity index (χ0) is 11.2. The lowest BCUT2D eigenvalue weighted by molar-refractivity contribution is 0.354. The molecule has 0 saturated heterocycles. The Hall–Kier alpha value is 0.200. The van der Waals surface area contributed by atoms with Crippen LogP contribution in [0.15, 0.2) is 0 Å². The monoisotopic (exact) mass is 241 g/mol. The molecule has 0 atom stereocenters. The molecule has 0 radical (unpaired) electrons. The Labute approximate surface area is 92.5 Å². The highest BCUT2D eigenvalue weighted by atomic mass is 35.5. The van der Waals surface area contributed by atoms with Crippen LogP contribution >= 0.6 is 11.6 Å². The summed E-state index contributed by atoms with van der Waals surface area (Å²) >= 11 is 5.49. The molecule has 0 N–H and O–H groups in total. The maximum Gasteiger partial charge on any atom is 0.214 e. The summed E-state index contributed by atoms with van der Waals surface area (Å²) in [5, 5.41) is 0. The van der Waals surface area contributed by atoms with E-state index in [4.69, 9.17) is 11.6 Å². The first-order chi connectivity index (χ1) is 6.45. The van der Waals surface area contributed by atoms with Gasteiger partial charge in [-0.25, -0.2) is 8.42 Å². The molecule has 0 aromatic rings. The van der Waals surface area contributed by atoms with E-state index >= 15 is 0 Å². The highest BCUT2D eigenvalue weighted by Gasteiger charge is 2.22. The number of nitrogens with zero attached hydrogens (tertiary/aromatic N) is 1. The van der Waals surface area contributed by atoms with Crippen LogP contribution in [0.25, 0.3) is 0 Å². The van der Waals surface area contributed by atoms with Crippen LogP contribution in [0, 0.1) is 0 Å². The second-order valence-corrected chi connectivity index (χ2v) is 5.98. The van der Waals surface area contributed by atoms with Gasteiger partial charge in [-0.15, -0.1) is 11.6 Å². The Morgan fingerprint density at radius 2 is 1.93 bits per heavy atom. The van der Waals surface area contributed by atoms with Crippen LogP contribution in [0.2, 0.25) is 0 Å². The van der Waals surface area contributed by atoms with Crippen molar-refractivity contribution >= 4 is 21.6 Å². The molecule has 0 unspecified atom stereocenters. The molecule has 0 heterocycles. The van der Waals surface area contributed by atoms with Crippen LogP contribution in [-0.4, -0.2) is 36.9 Å². The fraction of sp³-hybridized carbons (Fsp3) is 1.00. The van der Waals surface area contributed by atoms with E-state index in [2.05, 4.69) is 0 Å². The Morgan fingerprint density at radius 1 is 1.36 bits per heavy atom. The Bertz CT molecular complexity index is 239. The molecule has 0 aromatic carbocycles. The number of hydrogen-bond donors (Lipinski definition) is 0. The molecule has 0 aliphatic carbocycles. The largest absolute Gasteiger partial charge is 0.214 e. The van der Waals surface area contributed by atoms with Gasteiger partial charge in [0.25, 0.3) is 0 Å². The average Bonchev–Trinajstić information content (AvgIpc) is 2.10. The molecule has 86 valence electrons. The lowest BCUT2D eigenvalue weighted by atomic mass is 10.4. The maximum atomic E-state index is 11.8. The number of sulfonamides is 1. The first kappa shape index (κ1) is 14.2. The Balaban J connectivity index is 4.46. The highest BCUT2D eigenvalue weighted by molar-refractivity contribution is 7.89. The van der Waals surface area contributed by atoms with E-state index < -0.39 is 10.0 Å². The summed E-state index contributed by atoms with van der Waals surface area (Å²) in [6.45, 7) is 6.37. The third-order valence-corrected chi connectivity index (χ3v) is 4.30. The molecular weight excluding hydrogens is 222 g/mol. The zero-order valence-corrected chi connectivity index (χ0v) is 10.7. The molecular formula is C9H20ClNO2S. The lowest BCUT2D eigenvalue weighted by Gasteiger charge is -2.25. The number of alkyl halides is 1. The molecule has 3 nitrogen and oxygen atoms in total. The van der Waals surface area contributed by atoms with Crippen LogP contribution < -0.4 is 0 Å². The van der Waals surface area contributed by atoms with E-state index in [1.165, 1.54) is 0 Å². The average molecular weight is 242 g/mol. The molecule has 0 aliphatic rings. The SMILES string of the molecule is CCCN(C(C)C)S(=O)(=O)CCCCl. The number of rotatable bonds is 7. The van der Waals surface area contributed by atoms with Crippen molar-refractivity contribution in [1.29, 1.82) is 0 Å². The van der Waals surface area contributed by atoms with Gasteiger partial charge in [0.2, 0.25) is 10.0 Å². The minimum absolute atomic E-state index is 0.0373. The van der Waals surface area contributed by atoms with Gasteiger partial charge in [-0.1, -0.05) is 6.92 Å². The van der Waals surface area contributed by atoms with E-state index in [0.29, 0.717) is 18.8 Å². The van der Waals surface area contributed by atoms with Crippen LogP contribution in [0.4, 0.5) is 0 Å². The minimum atomic E-state index is -3.10. The smallest absolute Gasteiger partial charge is 0.212 e. The molecule has 0 saturated carbocycles. The van der Waals surface area contributed by atoms with E-state index in [1.807, 2.05) is 20.8 Å². The fourth-order valence-corrected chi connectivity index (χ4v) is 3.43. The quantitative estimate of drug-likeness (QED) is 0.640. The van der Waals surface area contributed by atoms with E-state index in [0.717, 1.165) is 6.42 Å². The first-order valence-corrected chi connectivity index (χ1v) is 7.15. The van der Waals surface area contributed by atoms with Gasteiger partial charge in [0.15, 0.2) is 0 Å². The summed E-state index contributed by atoms with van der Waals surface area (Å²) < 4.78 is 25.1. The zero-order valence-electron chi connectivity index (χ0n) is 9.16. The van der Waals surface area contributed by atoms with Gasteiger partial charge < -0.3 is 0 Å². The summed E-state index contributed by atoms with van der Waals surface area (Å²) in [7, 11) is -3.10. The van der Waals surface area contributed by atoms with E-state index in [-0.39, 0.29) is 11.8 Å². The second kappa shape index (κ2) is 6.64. The van der Waals surface area contributed by atoms with E-state index in [1.54, 1.807) is 4.31 Å². The van der Waals surface area contributed by atoms with Gasteiger partial charge in [0, 0.05) is 18.5 Å². The molecule has 0 aromatic heterocycles. The third-order valence-electron chi connectivity index (χ3n) is 1.91. The van der Waals surface area contributed by atoms with Gasteiger partial charge in [-0.3, -0.25) is 0 Å². The van der Waals surface area contributed by atoms with Crippen LogP contribution in [0.5, 0.6) is 0 Å². The molecule has 5 heteroatoms. The van der Waals surface area contributed by atoms with Crippen molar-refractivity contribution in [2.75, 3.05) is 18.2 Å².